The molecule has 0 radical (unpaired) electrons. The van der Waals surface area contributed by atoms with Crippen molar-refractivity contribution in [1.29, 1.82) is 0 Å². The highest BCUT2D eigenvalue weighted by Crippen LogP contribution is 1.87. The number of hydroxylamine groups is 1. The molecule has 1 atom stereocenters. The predicted molar refractivity (Wildman–Crippen MR) is 36.6 cm³/mol. The van der Waals surface area contributed by atoms with Gasteiger partial charge in [-0.2, -0.15) is 5.48 Å². The first-order valence-electron chi connectivity index (χ1n) is 3.01. The van der Waals surface area contributed by atoms with Crippen molar-refractivity contribution in [3.05, 3.63) is 0 Å². The number of hydrogen-bond acceptors (Lipinski definition) is 5. The fourth-order valence-electron chi connectivity index (χ4n) is 0.540. The Morgan fingerprint density at radius 2 is 2.09 bits per heavy atom. The van der Waals surface area contributed by atoms with Gasteiger partial charge in [-0.3, -0.25) is 9.59 Å². The zero-order valence-electron chi connectivity index (χ0n) is 5.91. The van der Waals surface area contributed by atoms with Gasteiger partial charge in [0, 0.05) is 6.42 Å². The lowest BCUT2D eigenvalue weighted by Crippen LogP contribution is -2.39. The molecule has 0 saturated carbocycles. The number of carbonyl (C=O) groups is 2. The van der Waals surface area contributed by atoms with Gasteiger partial charge in [-0.05, 0) is 0 Å². The molecule has 11 heavy (non-hydrogen) atoms. The quantitative estimate of drug-likeness (QED) is 0.339. The van der Waals surface area contributed by atoms with E-state index in [9.17, 15) is 9.59 Å². The molecule has 0 rings (SSSR count). The molecule has 0 aromatic heterocycles. The minimum atomic E-state index is -0.924. The smallest absolute Gasteiger partial charge is 0.219 e. The van der Waals surface area contributed by atoms with Crippen LogP contribution >= 0.6 is 0 Å². The molecular formula is C5H11N3O3. The van der Waals surface area contributed by atoms with Crippen LogP contribution in [0, 0.1) is 0 Å². The number of nitrogens with one attached hydrogen (secondary N) is 1. The number of Topliss-reactive ketones (excluding diaryl/α,β-unsaturated/α-hetero) is 1. The van der Waals surface area contributed by atoms with Crippen LogP contribution < -0.4 is 16.9 Å². The van der Waals surface area contributed by atoms with Crippen molar-refractivity contribution in [1.82, 2.24) is 5.48 Å². The maximum absolute atomic E-state index is 10.7. The van der Waals surface area contributed by atoms with Crippen molar-refractivity contribution in [2.24, 2.45) is 11.5 Å². The molecule has 0 aliphatic carbocycles. The number of ketones is 1. The number of amides is 1. The van der Waals surface area contributed by atoms with Gasteiger partial charge >= 0.3 is 0 Å². The van der Waals surface area contributed by atoms with E-state index >= 15 is 0 Å². The molecular weight excluding hydrogens is 150 g/mol. The highest BCUT2D eigenvalue weighted by molar-refractivity contribution is 5.90. The molecule has 0 fully saturated rings. The Bertz CT molecular complexity index is 159. The lowest BCUT2D eigenvalue weighted by Gasteiger charge is -2.05. The molecule has 0 unspecified atom stereocenters. The minimum absolute atomic E-state index is 0.194. The number of hydrogen-bond donors (Lipinski definition) is 4. The van der Waals surface area contributed by atoms with E-state index in [0.717, 1.165) is 0 Å². The fourth-order valence-corrected chi connectivity index (χ4v) is 0.540. The highest BCUT2D eigenvalue weighted by Gasteiger charge is 2.14. The number of nitrogens with two attached hydrogens (primary N) is 2. The van der Waals surface area contributed by atoms with Crippen LogP contribution in [0.4, 0.5) is 0 Å². The van der Waals surface area contributed by atoms with Crippen LogP contribution in [0.1, 0.15) is 6.42 Å². The summed E-state index contributed by atoms with van der Waals surface area (Å²) < 4.78 is 0. The zero-order chi connectivity index (χ0) is 8.85. The van der Waals surface area contributed by atoms with Gasteiger partial charge in [0.2, 0.25) is 5.91 Å². The van der Waals surface area contributed by atoms with Gasteiger partial charge < -0.3 is 16.7 Å². The van der Waals surface area contributed by atoms with Gasteiger partial charge in [0.05, 0.1) is 12.6 Å². The molecule has 0 aliphatic rings. The second-order valence-corrected chi connectivity index (χ2v) is 2.08. The molecule has 0 spiro atoms. The molecule has 6 nitrogen and oxygen atoms in total. The van der Waals surface area contributed by atoms with Crippen LogP contribution in [0.2, 0.25) is 0 Å². The standard InChI is InChI=1S/C5H11N3O3/c6-3(1-5(7)10)4(9)2-8-11/h3,8,11H,1-2,6H2,(H2,7,10)/t3-/m0/s1. The van der Waals surface area contributed by atoms with Crippen molar-refractivity contribution < 1.29 is 14.8 Å². The van der Waals surface area contributed by atoms with E-state index in [0.29, 0.717) is 0 Å². The summed E-state index contributed by atoms with van der Waals surface area (Å²) in [6.07, 6.45) is -0.194. The Balaban J connectivity index is 3.73. The third kappa shape index (κ3) is 4.43. The Morgan fingerprint density at radius 1 is 1.55 bits per heavy atom. The molecule has 0 aromatic carbocycles. The summed E-state index contributed by atoms with van der Waals surface area (Å²) in [4.78, 5) is 20.9. The van der Waals surface area contributed by atoms with E-state index in [-0.39, 0.29) is 13.0 Å². The maximum atomic E-state index is 10.7. The Labute approximate surface area is 63.5 Å². The van der Waals surface area contributed by atoms with Gasteiger partial charge in [-0.1, -0.05) is 0 Å². The largest absolute Gasteiger partial charge is 0.370 e. The van der Waals surface area contributed by atoms with Crippen molar-refractivity contribution in [3.8, 4) is 0 Å². The Hall–Kier alpha value is -0.980. The molecule has 0 heterocycles. The monoisotopic (exact) mass is 161 g/mol. The van der Waals surface area contributed by atoms with E-state index in [1.807, 2.05) is 0 Å². The second-order valence-electron chi connectivity index (χ2n) is 2.08. The summed E-state index contributed by atoms with van der Waals surface area (Å²) >= 11 is 0. The second kappa shape index (κ2) is 4.78. The average molecular weight is 161 g/mol. The van der Waals surface area contributed by atoms with E-state index in [4.69, 9.17) is 16.7 Å². The molecule has 64 valence electrons. The van der Waals surface area contributed by atoms with E-state index in [1.165, 1.54) is 0 Å². The zero-order valence-corrected chi connectivity index (χ0v) is 5.91. The van der Waals surface area contributed by atoms with Crippen LogP contribution in [0.25, 0.3) is 0 Å². The van der Waals surface area contributed by atoms with Crippen molar-refractivity contribution in [2.75, 3.05) is 6.54 Å². The average Bonchev–Trinajstić information content (AvgIpc) is 1.86. The summed E-state index contributed by atoms with van der Waals surface area (Å²) in [7, 11) is 0. The first kappa shape index (κ1) is 10.0. The molecule has 0 aromatic rings. The Morgan fingerprint density at radius 3 is 2.45 bits per heavy atom. The molecule has 0 saturated heterocycles. The van der Waals surface area contributed by atoms with Gasteiger partial charge in [-0.15, -0.1) is 0 Å². The van der Waals surface area contributed by atoms with Gasteiger partial charge in [0.1, 0.15) is 0 Å². The number of rotatable bonds is 5. The van der Waals surface area contributed by atoms with Gasteiger partial charge in [-0.25, -0.2) is 0 Å². The highest BCUT2D eigenvalue weighted by atomic mass is 16.5. The third-order valence-corrected chi connectivity index (χ3v) is 1.09. The van der Waals surface area contributed by atoms with Crippen LogP contribution in [-0.4, -0.2) is 29.5 Å². The van der Waals surface area contributed by atoms with E-state index < -0.39 is 17.7 Å². The van der Waals surface area contributed by atoms with Crippen molar-refractivity contribution in [3.63, 3.8) is 0 Å². The van der Waals surface area contributed by atoms with Crippen LogP contribution in [0.5, 0.6) is 0 Å². The van der Waals surface area contributed by atoms with E-state index in [1.54, 1.807) is 5.48 Å². The Kier molecular flexibility index (Phi) is 4.35. The first-order valence-corrected chi connectivity index (χ1v) is 3.01. The number of carbonyl (C=O) groups excluding carboxylic acids is 2. The van der Waals surface area contributed by atoms with Gasteiger partial charge in [0.25, 0.3) is 0 Å². The predicted octanol–water partition coefficient (Wildman–Crippen LogP) is -2.26. The van der Waals surface area contributed by atoms with Crippen LogP contribution in [0.15, 0.2) is 0 Å². The molecule has 0 aliphatic heterocycles. The maximum Gasteiger partial charge on any atom is 0.219 e. The summed E-state index contributed by atoms with van der Waals surface area (Å²) in [5.41, 5.74) is 11.6. The van der Waals surface area contributed by atoms with Crippen LogP contribution in [0.3, 0.4) is 0 Å². The molecule has 6 N–H and O–H groups in total. The van der Waals surface area contributed by atoms with Crippen molar-refractivity contribution in [2.45, 2.75) is 12.5 Å². The van der Waals surface area contributed by atoms with E-state index in [2.05, 4.69) is 0 Å². The fraction of sp³-hybridized carbons (Fsp3) is 0.600. The molecule has 1 amide bonds. The number of primary amides is 1. The first-order chi connectivity index (χ1) is 5.07. The molecule has 0 bridgehead atoms. The normalized spacial score (nSPS) is 12.5. The molecule has 6 heteroatoms. The van der Waals surface area contributed by atoms with Crippen LogP contribution in [-0.2, 0) is 9.59 Å². The minimum Gasteiger partial charge on any atom is -0.370 e. The lowest BCUT2D eigenvalue weighted by atomic mass is 10.1. The third-order valence-electron chi connectivity index (χ3n) is 1.09. The van der Waals surface area contributed by atoms with Crippen molar-refractivity contribution >= 4 is 11.7 Å². The lowest BCUT2D eigenvalue weighted by molar-refractivity contribution is -0.125. The summed E-state index contributed by atoms with van der Waals surface area (Å²) in [6.45, 7) is -0.269. The summed E-state index contributed by atoms with van der Waals surface area (Å²) in [6, 6.07) is -0.924. The topological polar surface area (TPSA) is 118 Å². The summed E-state index contributed by atoms with van der Waals surface area (Å²) in [5, 5.41) is 8.08. The SMILES string of the molecule is NC(=O)C[C@H](N)C(=O)CNO. The van der Waals surface area contributed by atoms with Gasteiger partial charge in [0.15, 0.2) is 5.78 Å². The summed E-state index contributed by atoms with van der Waals surface area (Å²) in [5.74, 6) is -1.09.